The van der Waals surface area contributed by atoms with Gasteiger partial charge in [0.25, 0.3) is 0 Å². The summed E-state index contributed by atoms with van der Waals surface area (Å²) in [4.78, 5) is 1.46. The van der Waals surface area contributed by atoms with E-state index in [4.69, 9.17) is 5.73 Å². The molecule has 0 bridgehead atoms. The van der Waals surface area contributed by atoms with E-state index >= 15 is 0 Å². The molecule has 1 aliphatic carbocycles. The van der Waals surface area contributed by atoms with E-state index in [2.05, 4.69) is 49.9 Å². The van der Waals surface area contributed by atoms with Crippen LogP contribution in [0.3, 0.4) is 0 Å². The molecule has 0 radical (unpaired) electrons. The van der Waals surface area contributed by atoms with Crippen LogP contribution in [0.4, 0.5) is 0 Å². The van der Waals surface area contributed by atoms with Crippen LogP contribution in [0, 0.1) is 5.92 Å². The van der Waals surface area contributed by atoms with Crippen LogP contribution < -0.4 is 5.73 Å². The Balaban J connectivity index is 2.02. The van der Waals surface area contributed by atoms with E-state index in [1.54, 1.807) is 0 Å². The third kappa shape index (κ3) is 4.54. The van der Waals surface area contributed by atoms with Crippen molar-refractivity contribution in [3.8, 4) is 0 Å². The fourth-order valence-corrected chi connectivity index (χ4v) is 4.41. The van der Waals surface area contributed by atoms with Gasteiger partial charge in [-0.1, -0.05) is 44.9 Å². The highest BCUT2D eigenvalue weighted by molar-refractivity contribution is 8.00. The molecule has 0 saturated heterocycles. The summed E-state index contributed by atoms with van der Waals surface area (Å²) < 4.78 is 0. The average Bonchev–Trinajstić information content (AvgIpc) is 2.41. The summed E-state index contributed by atoms with van der Waals surface area (Å²) in [6.45, 7) is 4.56. The Hall–Kier alpha value is -0.470. The van der Waals surface area contributed by atoms with Crippen LogP contribution in [-0.4, -0.2) is 11.3 Å². The van der Waals surface area contributed by atoms with Crippen molar-refractivity contribution in [1.82, 2.24) is 0 Å². The molecule has 1 fully saturated rings. The predicted octanol–water partition coefficient (Wildman–Crippen LogP) is 4.64. The molecule has 2 rings (SSSR count). The van der Waals surface area contributed by atoms with Gasteiger partial charge in [0.05, 0.1) is 0 Å². The minimum Gasteiger partial charge on any atom is -0.327 e. The predicted molar refractivity (Wildman–Crippen MR) is 85.7 cm³/mol. The van der Waals surface area contributed by atoms with Gasteiger partial charge in [0.2, 0.25) is 0 Å². The van der Waals surface area contributed by atoms with Gasteiger partial charge >= 0.3 is 0 Å². The molecule has 1 aromatic rings. The first kappa shape index (κ1) is 14.9. The summed E-state index contributed by atoms with van der Waals surface area (Å²) in [5.41, 5.74) is 7.56. The number of thioether (sulfide) groups is 1. The molecule has 0 spiro atoms. The monoisotopic (exact) mass is 277 g/mol. The summed E-state index contributed by atoms with van der Waals surface area (Å²) in [6, 6.07) is 9.14. The molecule has 2 heteroatoms. The number of rotatable bonds is 5. The lowest BCUT2D eigenvalue weighted by molar-refractivity contribution is 0.394. The van der Waals surface area contributed by atoms with E-state index in [0.29, 0.717) is 6.04 Å². The summed E-state index contributed by atoms with van der Waals surface area (Å²) in [7, 11) is 0. The van der Waals surface area contributed by atoms with E-state index in [1.807, 2.05) is 0 Å². The first-order chi connectivity index (χ1) is 9.19. The zero-order chi connectivity index (χ0) is 13.7. The molecule has 1 saturated carbocycles. The fraction of sp³-hybridized carbons (Fsp3) is 0.647. The molecule has 3 atom stereocenters. The van der Waals surface area contributed by atoms with Crippen LogP contribution in [0.15, 0.2) is 29.2 Å². The zero-order valence-corrected chi connectivity index (χ0v) is 13.1. The third-order valence-electron chi connectivity index (χ3n) is 4.16. The van der Waals surface area contributed by atoms with E-state index in [-0.39, 0.29) is 0 Å². The number of hydrogen-bond acceptors (Lipinski definition) is 2. The van der Waals surface area contributed by atoms with Crippen LogP contribution in [0.2, 0.25) is 0 Å². The summed E-state index contributed by atoms with van der Waals surface area (Å²) in [6.07, 6.45) is 7.64. The van der Waals surface area contributed by atoms with Crippen molar-refractivity contribution < 1.29 is 0 Å². The lowest BCUT2D eigenvalue weighted by atomic mass is 9.91. The van der Waals surface area contributed by atoms with Crippen LogP contribution >= 0.6 is 11.8 Å². The highest BCUT2D eigenvalue weighted by atomic mass is 32.2. The normalized spacial score (nSPS) is 25.2. The third-order valence-corrected chi connectivity index (χ3v) is 5.57. The first-order valence-corrected chi connectivity index (χ1v) is 8.57. The quantitative estimate of drug-likeness (QED) is 0.848. The maximum atomic E-state index is 6.12. The van der Waals surface area contributed by atoms with Gasteiger partial charge < -0.3 is 5.73 Å². The van der Waals surface area contributed by atoms with Gasteiger partial charge in [-0.05, 0) is 43.2 Å². The van der Waals surface area contributed by atoms with Crippen LogP contribution in [0.25, 0.3) is 0 Å². The highest BCUT2D eigenvalue weighted by Gasteiger charge is 2.20. The van der Waals surface area contributed by atoms with Gasteiger partial charge in [-0.2, -0.15) is 0 Å². The van der Waals surface area contributed by atoms with E-state index < -0.39 is 0 Å². The van der Waals surface area contributed by atoms with Gasteiger partial charge in [0.1, 0.15) is 0 Å². The topological polar surface area (TPSA) is 26.0 Å². The Morgan fingerprint density at radius 2 is 2.11 bits per heavy atom. The summed E-state index contributed by atoms with van der Waals surface area (Å²) in [5.74, 6) is 0.899. The minimum atomic E-state index is 0.298. The minimum absolute atomic E-state index is 0.298. The highest BCUT2D eigenvalue weighted by Crippen LogP contribution is 2.37. The Kier molecular flexibility index (Phi) is 5.77. The molecule has 0 aliphatic heterocycles. The number of hydrogen-bond donors (Lipinski definition) is 1. The molecule has 19 heavy (non-hydrogen) atoms. The van der Waals surface area contributed by atoms with Crippen molar-refractivity contribution in [2.75, 3.05) is 0 Å². The second-order valence-electron chi connectivity index (χ2n) is 5.99. The zero-order valence-electron chi connectivity index (χ0n) is 12.3. The summed E-state index contributed by atoms with van der Waals surface area (Å²) in [5, 5.41) is 0.808. The Labute approximate surface area is 122 Å². The molecule has 1 aromatic carbocycles. The second kappa shape index (κ2) is 7.35. The van der Waals surface area contributed by atoms with Gasteiger partial charge in [-0.25, -0.2) is 0 Å². The Morgan fingerprint density at radius 1 is 1.32 bits per heavy atom. The van der Waals surface area contributed by atoms with Crippen molar-refractivity contribution >= 4 is 11.8 Å². The maximum Gasteiger partial charge on any atom is 0.0107 e. The van der Waals surface area contributed by atoms with Crippen LogP contribution in [0.1, 0.15) is 51.5 Å². The molecular weight excluding hydrogens is 250 g/mol. The Morgan fingerprint density at radius 3 is 2.84 bits per heavy atom. The van der Waals surface area contributed by atoms with Crippen LogP contribution in [-0.2, 0) is 6.42 Å². The van der Waals surface area contributed by atoms with Crippen molar-refractivity contribution in [2.24, 2.45) is 11.7 Å². The van der Waals surface area contributed by atoms with Crippen molar-refractivity contribution in [3.63, 3.8) is 0 Å². The van der Waals surface area contributed by atoms with Gasteiger partial charge in [-0.3, -0.25) is 0 Å². The maximum absolute atomic E-state index is 6.12. The molecule has 1 aliphatic rings. The molecule has 3 unspecified atom stereocenters. The van der Waals surface area contributed by atoms with Gasteiger partial charge in [0.15, 0.2) is 0 Å². The number of benzene rings is 1. The van der Waals surface area contributed by atoms with E-state index in [0.717, 1.165) is 24.0 Å². The molecule has 1 nitrogen and oxygen atoms in total. The average molecular weight is 277 g/mol. The first-order valence-electron chi connectivity index (χ1n) is 7.69. The van der Waals surface area contributed by atoms with E-state index in [9.17, 15) is 0 Å². The number of nitrogens with two attached hydrogens (primary N) is 1. The molecule has 0 heterocycles. The SMILES string of the molecule is CCC(N)Cc1ccccc1SC1CCCC(C)C1. The Bertz CT molecular complexity index is 391. The fourth-order valence-electron chi connectivity index (χ4n) is 2.88. The molecule has 0 aromatic heterocycles. The van der Waals surface area contributed by atoms with Gasteiger partial charge in [-0.15, -0.1) is 11.8 Å². The van der Waals surface area contributed by atoms with Crippen molar-refractivity contribution in [1.29, 1.82) is 0 Å². The van der Waals surface area contributed by atoms with E-state index in [1.165, 1.54) is 36.1 Å². The lowest BCUT2D eigenvalue weighted by Crippen LogP contribution is -2.22. The van der Waals surface area contributed by atoms with Crippen molar-refractivity contribution in [2.45, 2.75) is 68.6 Å². The smallest absolute Gasteiger partial charge is 0.0107 e. The van der Waals surface area contributed by atoms with Gasteiger partial charge in [0, 0.05) is 16.2 Å². The van der Waals surface area contributed by atoms with Crippen LogP contribution in [0.5, 0.6) is 0 Å². The molecule has 0 amide bonds. The van der Waals surface area contributed by atoms with Crippen molar-refractivity contribution in [3.05, 3.63) is 29.8 Å². The second-order valence-corrected chi connectivity index (χ2v) is 7.33. The largest absolute Gasteiger partial charge is 0.327 e. The molecule has 2 N–H and O–H groups in total. The molecular formula is C17H27NS. The molecule has 106 valence electrons. The summed E-state index contributed by atoms with van der Waals surface area (Å²) >= 11 is 2.09. The standard InChI is InChI=1S/C17H27NS/c1-3-15(18)12-14-8-4-5-10-17(14)19-16-9-6-7-13(2)11-16/h4-5,8,10,13,15-16H,3,6-7,9,11-12,18H2,1-2H3. The lowest BCUT2D eigenvalue weighted by Gasteiger charge is -2.27.